The van der Waals surface area contributed by atoms with Gasteiger partial charge in [-0.05, 0) is 31.0 Å². The Balaban J connectivity index is 2.16. The molecule has 0 fully saturated rings. The summed E-state index contributed by atoms with van der Waals surface area (Å²) in [7, 11) is 0. The quantitative estimate of drug-likeness (QED) is 0.697. The van der Waals surface area contributed by atoms with Crippen molar-refractivity contribution in [2.24, 2.45) is 0 Å². The van der Waals surface area contributed by atoms with E-state index < -0.39 is 0 Å². The third kappa shape index (κ3) is 2.17. The Hall–Kier alpha value is -0.790. The highest BCUT2D eigenvalue weighted by Gasteiger charge is 2.13. The minimum atomic E-state index is 0.456. The third-order valence-electron chi connectivity index (χ3n) is 2.61. The maximum absolute atomic E-state index is 5.85. The van der Waals surface area contributed by atoms with Crippen molar-refractivity contribution in [2.45, 2.75) is 19.4 Å². The number of hydrogen-bond donors (Lipinski definition) is 1. The van der Waals surface area contributed by atoms with Crippen LogP contribution in [0.3, 0.4) is 0 Å². The van der Waals surface area contributed by atoms with Crippen LogP contribution in [0.4, 0.5) is 0 Å². The first-order chi connectivity index (χ1) is 6.75. The van der Waals surface area contributed by atoms with Crippen molar-refractivity contribution in [3.05, 3.63) is 46.5 Å². The molecule has 0 bridgehead atoms. The van der Waals surface area contributed by atoms with Crippen molar-refractivity contribution < 1.29 is 0 Å². The summed E-state index contributed by atoms with van der Waals surface area (Å²) in [6.45, 7) is 3.16. The van der Waals surface area contributed by atoms with Gasteiger partial charge in [0.15, 0.2) is 0 Å². The van der Waals surface area contributed by atoms with E-state index in [-0.39, 0.29) is 0 Å². The molecule has 1 N–H and O–H groups in total. The molecule has 2 heteroatoms. The fourth-order valence-electron chi connectivity index (χ4n) is 1.78. The molecule has 0 aromatic heterocycles. The Morgan fingerprint density at radius 1 is 1.29 bits per heavy atom. The average molecular weight is 208 g/mol. The molecule has 74 valence electrons. The fourth-order valence-corrected chi connectivity index (χ4v) is 1.91. The van der Waals surface area contributed by atoms with Crippen molar-refractivity contribution >= 4 is 11.6 Å². The highest BCUT2D eigenvalue weighted by molar-refractivity contribution is 6.30. The molecule has 0 saturated heterocycles. The van der Waals surface area contributed by atoms with Crippen LogP contribution in [0.15, 0.2) is 35.9 Å². The lowest BCUT2D eigenvalue weighted by atomic mass is 9.97. The summed E-state index contributed by atoms with van der Waals surface area (Å²) in [6, 6.07) is 8.55. The van der Waals surface area contributed by atoms with Gasteiger partial charge in [0, 0.05) is 17.6 Å². The van der Waals surface area contributed by atoms with E-state index in [1.165, 1.54) is 11.1 Å². The molecule has 0 saturated carbocycles. The number of hydrogen-bond acceptors (Lipinski definition) is 1. The van der Waals surface area contributed by atoms with E-state index in [0.717, 1.165) is 18.0 Å². The highest BCUT2D eigenvalue weighted by Crippen LogP contribution is 2.24. The van der Waals surface area contributed by atoms with Gasteiger partial charge in [-0.25, -0.2) is 0 Å². The lowest BCUT2D eigenvalue weighted by Crippen LogP contribution is -2.25. The number of benzene rings is 1. The predicted octanol–water partition coefficient (Wildman–Crippen LogP) is 3.32. The van der Waals surface area contributed by atoms with Crippen LogP contribution in [0, 0.1) is 0 Å². The van der Waals surface area contributed by atoms with Crippen LogP contribution in [-0.4, -0.2) is 6.54 Å². The first kappa shape index (κ1) is 9.75. The summed E-state index contributed by atoms with van der Waals surface area (Å²) in [4.78, 5) is 0. The van der Waals surface area contributed by atoms with Gasteiger partial charge in [-0.3, -0.25) is 0 Å². The maximum atomic E-state index is 5.85. The van der Waals surface area contributed by atoms with E-state index in [1.807, 2.05) is 12.1 Å². The van der Waals surface area contributed by atoms with Gasteiger partial charge in [0.2, 0.25) is 0 Å². The highest BCUT2D eigenvalue weighted by atomic mass is 35.5. The van der Waals surface area contributed by atoms with Crippen molar-refractivity contribution in [2.75, 3.05) is 6.54 Å². The fraction of sp³-hybridized carbons (Fsp3) is 0.333. The summed E-state index contributed by atoms with van der Waals surface area (Å²) in [5.41, 5.74) is 2.78. The summed E-state index contributed by atoms with van der Waals surface area (Å²) in [5.74, 6) is 0. The van der Waals surface area contributed by atoms with Crippen LogP contribution in [0.5, 0.6) is 0 Å². The molecule has 1 aliphatic rings. The molecule has 0 radical (unpaired) electrons. The zero-order valence-corrected chi connectivity index (χ0v) is 9.01. The van der Waals surface area contributed by atoms with Gasteiger partial charge >= 0.3 is 0 Å². The van der Waals surface area contributed by atoms with Crippen LogP contribution in [0.2, 0.25) is 5.02 Å². The van der Waals surface area contributed by atoms with Crippen LogP contribution >= 0.6 is 11.6 Å². The van der Waals surface area contributed by atoms with Gasteiger partial charge in [-0.1, -0.05) is 35.4 Å². The van der Waals surface area contributed by atoms with Gasteiger partial charge in [0.1, 0.15) is 0 Å². The van der Waals surface area contributed by atoms with E-state index in [1.54, 1.807) is 0 Å². The normalized spacial score (nSPS) is 21.9. The third-order valence-corrected chi connectivity index (χ3v) is 2.87. The maximum Gasteiger partial charge on any atom is 0.0406 e. The Morgan fingerprint density at radius 2 is 2.00 bits per heavy atom. The number of rotatable bonds is 1. The second-order valence-electron chi connectivity index (χ2n) is 3.77. The lowest BCUT2D eigenvalue weighted by molar-refractivity contribution is 0.538. The van der Waals surface area contributed by atoms with E-state index in [9.17, 15) is 0 Å². The van der Waals surface area contributed by atoms with E-state index in [0.29, 0.717) is 6.04 Å². The zero-order valence-electron chi connectivity index (χ0n) is 8.26. The summed E-state index contributed by atoms with van der Waals surface area (Å²) >= 11 is 5.85. The topological polar surface area (TPSA) is 12.0 Å². The second kappa shape index (κ2) is 4.16. The van der Waals surface area contributed by atoms with Gasteiger partial charge in [0.05, 0.1) is 0 Å². The second-order valence-corrected chi connectivity index (χ2v) is 4.20. The molecule has 1 aromatic rings. The largest absolute Gasteiger partial charge is 0.306 e. The molecule has 0 spiro atoms. The molecule has 0 aliphatic carbocycles. The molecule has 1 aromatic carbocycles. The standard InChI is InChI=1S/C12H14ClN/c1-9-6-7-14-12(8-9)10-2-4-11(13)5-3-10/h2-6,12,14H,7-8H2,1H3. The van der Waals surface area contributed by atoms with Gasteiger partial charge in [-0.2, -0.15) is 0 Å². The Kier molecular flexibility index (Phi) is 2.90. The molecule has 1 nitrogen and oxygen atoms in total. The van der Waals surface area contributed by atoms with E-state index >= 15 is 0 Å². The van der Waals surface area contributed by atoms with E-state index in [4.69, 9.17) is 11.6 Å². The molecular formula is C12H14ClN. The van der Waals surface area contributed by atoms with Gasteiger partial charge in [0.25, 0.3) is 0 Å². The predicted molar refractivity (Wildman–Crippen MR) is 60.6 cm³/mol. The smallest absolute Gasteiger partial charge is 0.0406 e. The molecule has 2 rings (SSSR count). The molecule has 1 aliphatic heterocycles. The first-order valence-electron chi connectivity index (χ1n) is 4.90. The summed E-state index contributed by atoms with van der Waals surface area (Å²) in [5, 5.41) is 4.27. The van der Waals surface area contributed by atoms with Gasteiger partial charge < -0.3 is 5.32 Å². The lowest BCUT2D eigenvalue weighted by Gasteiger charge is -2.23. The van der Waals surface area contributed by atoms with Crippen LogP contribution in [0.25, 0.3) is 0 Å². The van der Waals surface area contributed by atoms with Crippen molar-refractivity contribution in [3.63, 3.8) is 0 Å². The van der Waals surface area contributed by atoms with Crippen molar-refractivity contribution in [1.82, 2.24) is 5.32 Å². The van der Waals surface area contributed by atoms with Crippen LogP contribution in [-0.2, 0) is 0 Å². The first-order valence-corrected chi connectivity index (χ1v) is 5.28. The monoisotopic (exact) mass is 207 g/mol. The summed E-state index contributed by atoms with van der Waals surface area (Å²) in [6.07, 6.45) is 3.34. The Labute approximate surface area is 89.8 Å². The number of nitrogens with one attached hydrogen (secondary N) is 1. The summed E-state index contributed by atoms with van der Waals surface area (Å²) < 4.78 is 0. The van der Waals surface area contributed by atoms with Crippen molar-refractivity contribution in [3.8, 4) is 0 Å². The average Bonchev–Trinajstić information content (AvgIpc) is 2.19. The SMILES string of the molecule is CC1=CCNC(c2ccc(Cl)cc2)C1. The Morgan fingerprint density at radius 3 is 2.64 bits per heavy atom. The minimum absolute atomic E-state index is 0.456. The number of halogens is 1. The zero-order chi connectivity index (χ0) is 9.97. The molecule has 14 heavy (non-hydrogen) atoms. The van der Waals surface area contributed by atoms with Crippen molar-refractivity contribution in [1.29, 1.82) is 0 Å². The minimum Gasteiger partial charge on any atom is -0.306 e. The molecule has 1 heterocycles. The van der Waals surface area contributed by atoms with E-state index in [2.05, 4.69) is 30.4 Å². The molecule has 0 amide bonds. The molecule has 1 unspecified atom stereocenters. The van der Waals surface area contributed by atoms with Crippen LogP contribution < -0.4 is 5.32 Å². The van der Waals surface area contributed by atoms with Gasteiger partial charge in [-0.15, -0.1) is 0 Å². The molecule has 1 atom stereocenters. The van der Waals surface area contributed by atoms with Crippen LogP contribution in [0.1, 0.15) is 24.9 Å². The molecular weight excluding hydrogens is 194 g/mol. The Bertz CT molecular complexity index is 340.